The molecule has 0 saturated carbocycles. The Labute approximate surface area is 214 Å². The van der Waals surface area contributed by atoms with E-state index < -0.39 is 0 Å². The van der Waals surface area contributed by atoms with E-state index in [4.69, 9.17) is 9.47 Å². The summed E-state index contributed by atoms with van der Waals surface area (Å²) in [5, 5.41) is 0. The van der Waals surface area contributed by atoms with Crippen LogP contribution >= 0.6 is 0 Å². The Balaban J connectivity index is 1.30. The van der Waals surface area contributed by atoms with Crippen LogP contribution in [-0.2, 0) is 0 Å². The van der Waals surface area contributed by atoms with Gasteiger partial charge in [0.15, 0.2) is 0 Å². The van der Waals surface area contributed by atoms with E-state index in [1.54, 1.807) is 14.2 Å². The number of likely N-dealkylation sites (tertiary alicyclic amines) is 1. The molecule has 2 fully saturated rings. The number of carbonyl (C=O) groups excluding carboxylic acids is 1. The first kappa shape index (κ1) is 24.2. The van der Waals surface area contributed by atoms with Crippen molar-refractivity contribution in [1.29, 1.82) is 0 Å². The maximum absolute atomic E-state index is 13.3. The lowest BCUT2D eigenvalue weighted by atomic mass is 9.87. The van der Waals surface area contributed by atoms with Crippen molar-refractivity contribution in [2.24, 2.45) is 5.92 Å². The molecule has 2 atom stereocenters. The van der Waals surface area contributed by atoms with Crippen molar-refractivity contribution in [1.82, 2.24) is 9.80 Å². The van der Waals surface area contributed by atoms with Crippen LogP contribution in [0.3, 0.4) is 0 Å². The molecule has 6 nitrogen and oxygen atoms in total. The fourth-order valence-electron chi connectivity index (χ4n) is 5.64. The molecule has 36 heavy (non-hydrogen) atoms. The van der Waals surface area contributed by atoms with Crippen LogP contribution in [0.2, 0.25) is 0 Å². The predicted molar refractivity (Wildman–Crippen MR) is 143 cm³/mol. The summed E-state index contributed by atoms with van der Waals surface area (Å²) < 4.78 is 11.1. The van der Waals surface area contributed by atoms with E-state index in [1.165, 1.54) is 11.3 Å². The molecule has 1 amide bonds. The topological polar surface area (TPSA) is 45.2 Å². The average molecular weight is 486 g/mol. The maximum Gasteiger partial charge on any atom is 0.253 e. The van der Waals surface area contributed by atoms with Crippen molar-refractivity contribution >= 4 is 11.6 Å². The largest absolute Gasteiger partial charge is 0.497 e. The smallest absolute Gasteiger partial charge is 0.253 e. The normalized spacial score (nSPS) is 20.4. The van der Waals surface area contributed by atoms with Gasteiger partial charge in [0.25, 0.3) is 5.91 Å². The van der Waals surface area contributed by atoms with Gasteiger partial charge in [0, 0.05) is 69.0 Å². The highest BCUT2D eigenvalue weighted by Gasteiger charge is 2.39. The minimum Gasteiger partial charge on any atom is -0.497 e. The summed E-state index contributed by atoms with van der Waals surface area (Å²) in [5.41, 5.74) is 3.16. The van der Waals surface area contributed by atoms with Crippen molar-refractivity contribution < 1.29 is 14.3 Å². The molecule has 2 aliphatic rings. The first-order chi connectivity index (χ1) is 17.7. The van der Waals surface area contributed by atoms with Gasteiger partial charge in [-0.2, -0.15) is 0 Å². The van der Waals surface area contributed by atoms with Gasteiger partial charge in [0.2, 0.25) is 0 Å². The lowest BCUT2D eigenvalue weighted by Gasteiger charge is -2.38. The van der Waals surface area contributed by atoms with E-state index in [-0.39, 0.29) is 11.8 Å². The molecule has 3 aromatic rings. The minimum atomic E-state index is 0.112. The summed E-state index contributed by atoms with van der Waals surface area (Å²) >= 11 is 0. The molecule has 188 valence electrons. The van der Waals surface area contributed by atoms with Gasteiger partial charge >= 0.3 is 0 Å². The lowest BCUT2D eigenvalue weighted by Crippen LogP contribution is -2.48. The van der Waals surface area contributed by atoms with Crippen LogP contribution in [0.25, 0.3) is 0 Å². The molecule has 2 aliphatic heterocycles. The number of anilines is 1. The Morgan fingerprint density at radius 3 is 2.33 bits per heavy atom. The zero-order valence-corrected chi connectivity index (χ0v) is 21.2. The zero-order chi connectivity index (χ0) is 24.9. The number of carbonyl (C=O) groups is 1. The second kappa shape index (κ2) is 11.0. The van der Waals surface area contributed by atoms with Crippen LogP contribution in [0.1, 0.15) is 21.8 Å². The van der Waals surface area contributed by atoms with Crippen molar-refractivity contribution in [2.75, 3.05) is 64.9 Å². The highest BCUT2D eigenvalue weighted by atomic mass is 16.5. The number of hydrogen-bond donors (Lipinski definition) is 0. The van der Waals surface area contributed by atoms with Crippen LogP contribution in [0.5, 0.6) is 11.5 Å². The van der Waals surface area contributed by atoms with Gasteiger partial charge in [-0.3, -0.25) is 9.69 Å². The van der Waals surface area contributed by atoms with E-state index in [9.17, 15) is 4.79 Å². The predicted octanol–water partition coefficient (Wildman–Crippen LogP) is 4.38. The van der Waals surface area contributed by atoms with Crippen LogP contribution in [0.15, 0.2) is 78.9 Å². The average Bonchev–Trinajstić information content (AvgIpc) is 3.37. The van der Waals surface area contributed by atoms with E-state index >= 15 is 0 Å². The second-order valence-electron chi connectivity index (χ2n) is 9.67. The molecule has 2 unspecified atom stereocenters. The number of rotatable bonds is 7. The molecule has 0 radical (unpaired) electrons. The molecule has 3 aromatic carbocycles. The first-order valence-corrected chi connectivity index (χ1v) is 12.7. The number of methoxy groups -OCH3 is 2. The number of amides is 1. The summed E-state index contributed by atoms with van der Waals surface area (Å²) in [6.07, 6.45) is 0. The fourth-order valence-corrected chi connectivity index (χ4v) is 5.64. The van der Waals surface area contributed by atoms with E-state index in [0.717, 1.165) is 56.3 Å². The van der Waals surface area contributed by atoms with E-state index in [2.05, 4.69) is 40.1 Å². The standard InChI is InChI=1S/C30H35N3O3/c1-35-26-12-8-11-25(19-26)32-17-15-31(16-18-32)20-24-21-33(30(34)23-9-4-3-5-10-23)22-28(24)27-13-6-7-14-29(27)36-2/h3-14,19,24,28H,15-18,20-22H2,1-2H3. The monoisotopic (exact) mass is 485 g/mol. The summed E-state index contributed by atoms with van der Waals surface area (Å²) in [6, 6.07) is 26.2. The second-order valence-corrected chi connectivity index (χ2v) is 9.67. The third-order valence-electron chi connectivity index (χ3n) is 7.57. The molecule has 0 spiro atoms. The van der Waals surface area contributed by atoms with Crippen molar-refractivity contribution in [3.05, 3.63) is 90.0 Å². The molecule has 0 aliphatic carbocycles. The Kier molecular flexibility index (Phi) is 7.42. The van der Waals surface area contributed by atoms with E-state index in [1.807, 2.05) is 53.4 Å². The summed E-state index contributed by atoms with van der Waals surface area (Å²) in [4.78, 5) is 20.3. The Bertz CT molecular complexity index is 1160. The molecule has 2 heterocycles. The molecule has 6 heteroatoms. The van der Waals surface area contributed by atoms with Crippen molar-refractivity contribution in [2.45, 2.75) is 5.92 Å². The van der Waals surface area contributed by atoms with Gasteiger partial charge < -0.3 is 19.3 Å². The van der Waals surface area contributed by atoms with Gasteiger partial charge in [-0.1, -0.05) is 42.5 Å². The first-order valence-electron chi connectivity index (χ1n) is 12.7. The lowest BCUT2D eigenvalue weighted by molar-refractivity contribution is 0.0782. The van der Waals surface area contributed by atoms with Crippen LogP contribution in [-0.4, -0.2) is 75.7 Å². The molecule has 5 rings (SSSR count). The maximum atomic E-state index is 13.3. The number of nitrogens with zero attached hydrogens (tertiary/aromatic N) is 3. The minimum absolute atomic E-state index is 0.112. The molecular formula is C30H35N3O3. The summed E-state index contributed by atoms with van der Waals surface area (Å²) in [7, 11) is 3.44. The fraction of sp³-hybridized carbons (Fsp3) is 0.367. The van der Waals surface area contributed by atoms with Gasteiger partial charge in [0.05, 0.1) is 14.2 Å². The third kappa shape index (κ3) is 5.19. The zero-order valence-electron chi connectivity index (χ0n) is 21.2. The highest BCUT2D eigenvalue weighted by molar-refractivity contribution is 5.94. The number of para-hydroxylation sites is 1. The van der Waals surface area contributed by atoms with Gasteiger partial charge in [-0.15, -0.1) is 0 Å². The number of ether oxygens (including phenoxy) is 2. The number of piperazine rings is 1. The quantitative estimate of drug-likeness (QED) is 0.497. The third-order valence-corrected chi connectivity index (χ3v) is 7.57. The van der Waals surface area contributed by atoms with Crippen molar-refractivity contribution in [3.63, 3.8) is 0 Å². The summed E-state index contributed by atoms with van der Waals surface area (Å²) in [6.45, 7) is 6.39. The highest BCUT2D eigenvalue weighted by Crippen LogP contribution is 2.38. The molecule has 0 N–H and O–H groups in total. The SMILES string of the molecule is COc1cccc(N2CCN(CC3CN(C(=O)c4ccccc4)CC3c3ccccc3OC)CC2)c1. The summed E-state index contributed by atoms with van der Waals surface area (Å²) in [5.74, 6) is 2.50. The Morgan fingerprint density at radius 2 is 1.58 bits per heavy atom. The Morgan fingerprint density at radius 1 is 0.833 bits per heavy atom. The molecule has 0 aromatic heterocycles. The van der Waals surface area contributed by atoms with Crippen LogP contribution < -0.4 is 14.4 Å². The molecular weight excluding hydrogens is 450 g/mol. The van der Waals surface area contributed by atoms with Crippen LogP contribution in [0.4, 0.5) is 5.69 Å². The van der Waals surface area contributed by atoms with Gasteiger partial charge in [0.1, 0.15) is 11.5 Å². The number of hydrogen-bond acceptors (Lipinski definition) is 5. The molecule has 0 bridgehead atoms. The van der Waals surface area contributed by atoms with Crippen LogP contribution in [0, 0.1) is 5.92 Å². The molecule has 2 saturated heterocycles. The van der Waals surface area contributed by atoms with Gasteiger partial charge in [-0.25, -0.2) is 0 Å². The van der Waals surface area contributed by atoms with E-state index in [0.29, 0.717) is 12.5 Å². The van der Waals surface area contributed by atoms with Crippen molar-refractivity contribution in [3.8, 4) is 11.5 Å². The number of benzene rings is 3. The van der Waals surface area contributed by atoms with Gasteiger partial charge in [-0.05, 0) is 41.8 Å². The Hall–Kier alpha value is -3.51.